The minimum atomic E-state index is 0.0417. The Labute approximate surface area is 158 Å². The van der Waals surface area contributed by atoms with Gasteiger partial charge in [-0.25, -0.2) is 14.5 Å². The Hall–Kier alpha value is -2.48. The summed E-state index contributed by atoms with van der Waals surface area (Å²) in [5.74, 6) is 1.82. The first kappa shape index (κ1) is 16.7. The van der Waals surface area contributed by atoms with Gasteiger partial charge in [0.25, 0.3) is 0 Å². The van der Waals surface area contributed by atoms with Crippen molar-refractivity contribution in [3.63, 3.8) is 0 Å². The van der Waals surface area contributed by atoms with Gasteiger partial charge in [-0.15, -0.1) is 0 Å². The molecule has 0 unspecified atom stereocenters. The molecule has 1 saturated heterocycles. The first-order chi connectivity index (χ1) is 13.1. The molecule has 5 heterocycles. The lowest BCUT2D eigenvalue weighted by atomic mass is 10.1. The number of aromatic nitrogens is 6. The summed E-state index contributed by atoms with van der Waals surface area (Å²) in [6.45, 7) is 8.85. The largest absolute Gasteiger partial charge is 0.372 e. The van der Waals surface area contributed by atoms with E-state index in [-0.39, 0.29) is 6.10 Å². The molecule has 3 aromatic heterocycles. The van der Waals surface area contributed by atoms with Crippen molar-refractivity contribution in [1.29, 1.82) is 0 Å². The van der Waals surface area contributed by atoms with Crippen molar-refractivity contribution >= 4 is 11.3 Å². The Kier molecular flexibility index (Phi) is 3.89. The molecule has 0 radical (unpaired) electrons. The Bertz CT molecular complexity index is 984. The van der Waals surface area contributed by atoms with E-state index < -0.39 is 0 Å². The topological polar surface area (TPSA) is 73.4 Å². The fourth-order valence-electron chi connectivity index (χ4n) is 4.29. The molecule has 1 fully saturated rings. The second-order valence-corrected chi connectivity index (χ2v) is 7.72. The Morgan fingerprint density at radius 1 is 1.26 bits per heavy atom. The summed E-state index contributed by atoms with van der Waals surface area (Å²) in [5.41, 5.74) is 4.58. The number of anilines is 1. The Morgan fingerprint density at radius 2 is 2.15 bits per heavy atom. The van der Waals surface area contributed by atoms with Crippen molar-refractivity contribution in [2.45, 2.75) is 58.7 Å². The molecule has 1 atom stereocenters. The van der Waals surface area contributed by atoms with Gasteiger partial charge in [0.05, 0.1) is 18.4 Å². The lowest BCUT2D eigenvalue weighted by molar-refractivity contribution is 0.110. The van der Waals surface area contributed by atoms with Crippen LogP contribution in [-0.2, 0) is 17.7 Å². The van der Waals surface area contributed by atoms with E-state index in [1.165, 1.54) is 11.3 Å². The van der Waals surface area contributed by atoms with Crippen LogP contribution in [0.5, 0.6) is 0 Å². The van der Waals surface area contributed by atoms with E-state index in [0.29, 0.717) is 6.04 Å². The third kappa shape index (κ3) is 2.62. The van der Waals surface area contributed by atoms with Crippen LogP contribution in [0.15, 0.2) is 12.5 Å². The number of nitrogens with zero attached hydrogens (tertiary/aromatic N) is 7. The maximum absolute atomic E-state index is 5.93. The van der Waals surface area contributed by atoms with Crippen LogP contribution in [0.25, 0.3) is 5.52 Å². The molecule has 5 rings (SSSR count). The van der Waals surface area contributed by atoms with Crippen molar-refractivity contribution < 1.29 is 4.74 Å². The molecular formula is C19H25N7O. The van der Waals surface area contributed by atoms with Gasteiger partial charge in [0, 0.05) is 19.2 Å². The second-order valence-electron chi connectivity index (χ2n) is 7.72. The molecule has 2 aliphatic heterocycles. The average Bonchev–Trinajstić information content (AvgIpc) is 3.39. The first-order valence-electron chi connectivity index (χ1n) is 9.75. The van der Waals surface area contributed by atoms with Crippen LogP contribution in [0.2, 0.25) is 0 Å². The molecule has 8 nitrogen and oxygen atoms in total. The van der Waals surface area contributed by atoms with E-state index in [1.807, 2.05) is 17.6 Å². The highest BCUT2D eigenvalue weighted by Crippen LogP contribution is 2.35. The molecule has 3 aromatic rings. The molecule has 0 aliphatic carbocycles. The van der Waals surface area contributed by atoms with Crippen LogP contribution in [0.3, 0.4) is 0 Å². The number of aryl methyl sites for hydroxylation is 1. The van der Waals surface area contributed by atoms with Crippen LogP contribution in [0, 0.1) is 6.92 Å². The summed E-state index contributed by atoms with van der Waals surface area (Å²) in [5, 5.41) is 9.04. The molecule has 0 bridgehead atoms. The van der Waals surface area contributed by atoms with Gasteiger partial charge in [-0.05, 0) is 45.6 Å². The minimum absolute atomic E-state index is 0.0417. The second kappa shape index (κ2) is 6.30. The van der Waals surface area contributed by atoms with Crippen molar-refractivity contribution in [2.75, 3.05) is 18.1 Å². The molecule has 142 valence electrons. The molecule has 0 N–H and O–H groups in total. The van der Waals surface area contributed by atoms with Gasteiger partial charge in [-0.1, -0.05) is 0 Å². The van der Waals surface area contributed by atoms with Crippen LogP contribution in [0.4, 0.5) is 5.82 Å². The monoisotopic (exact) mass is 367 g/mol. The maximum Gasteiger partial charge on any atom is 0.158 e. The number of ether oxygens (including phenoxy) is 1. The van der Waals surface area contributed by atoms with E-state index in [1.54, 1.807) is 6.33 Å². The summed E-state index contributed by atoms with van der Waals surface area (Å²) in [4.78, 5) is 11.8. The van der Waals surface area contributed by atoms with E-state index in [0.717, 1.165) is 61.8 Å². The van der Waals surface area contributed by atoms with Crippen molar-refractivity contribution in [3.05, 3.63) is 35.3 Å². The number of hydrogen-bond donors (Lipinski definition) is 0. The summed E-state index contributed by atoms with van der Waals surface area (Å²) in [7, 11) is 0. The molecule has 0 saturated carbocycles. The summed E-state index contributed by atoms with van der Waals surface area (Å²) in [6.07, 6.45) is 6.74. The fraction of sp³-hybridized carbons (Fsp3) is 0.579. The zero-order valence-corrected chi connectivity index (χ0v) is 16.1. The highest BCUT2D eigenvalue weighted by molar-refractivity contribution is 5.72. The van der Waals surface area contributed by atoms with Gasteiger partial charge in [-0.3, -0.25) is 4.68 Å². The molecular weight excluding hydrogens is 342 g/mol. The summed E-state index contributed by atoms with van der Waals surface area (Å²) in [6, 6.07) is 0.346. The smallest absolute Gasteiger partial charge is 0.158 e. The van der Waals surface area contributed by atoms with E-state index >= 15 is 0 Å². The van der Waals surface area contributed by atoms with Crippen molar-refractivity contribution in [2.24, 2.45) is 0 Å². The van der Waals surface area contributed by atoms with Gasteiger partial charge in [0.15, 0.2) is 5.82 Å². The average molecular weight is 367 g/mol. The summed E-state index contributed by atoms with van der Waals surface area (Å²) < 4.78 is 9.97. The van der Waals surface area contributed by atoms with Gasteiger partial charge in [-0.2, -0.15) is 10.2 Å². The van der Waals surface area contributed by atoms with Gasteiger partial charge >= 0.3 is 0 Å². The van der Waals surface area contributed by atoms with Crippen LogP contribution in [-0.4, -0.2) is 42.5 Å². The third-order valence-corrected chi connectivity index (χ3v) is 5.60. The van der Waals surface area contributed by atoms with Gasteiger partial charge in [0.2, 0.25) is 0 Å². The molecule has 0 spiro atoms. The van der Waals surface area contributed by atoms with Gasteiger partial charge in [0.1, 0.15) is 29.5 Å². The van der Waals surface area contributed by atoms with E-state index in [2.05, 4.69) is 38.6 Å². The molecule has 8 heteroatoms. The van der Waals surface area contributed by atoms with Crippen LogP contribution >= 0.6 is 0 Å². The highest BCUT2D eigenvalue weighted by Gasteiger charge is 2.29. The van der Waals surface area contributed by atoms with Crippen molar-refractivity contribution in [3.8, 4) is 0 Å². The quantitative estimate of drug-likeness (QED) is 0.708. The fourth-order valence-corrected chi connectivity index (χ4v) is 4.29. The minimum Gasteiger partial charge on any atom is -0.372 e. The number of fused-ring (bicyclic) bond motifs is 2. The lowest BCUT2D eigenvalue weighted by Crippen LogP contribution is -2.33. The van der Waals surface area contributed by atoms with E-state index in [4.69, 9.17) is 9.72 Å². The Balaban J connectivity index is 1.60. The number of rotatable bonds is 3. The number of hydrogen-bond acceptors (Lipinski definition) is 6. The zero-order valence-electron chi connectivity index (χ0n) is 16.1. The standard InChI is InChI=1S/C19H25N7O/c1-12(2)25-15-10-24(7-6-14(15)9-21-25)19-18-17(16-5-4-8-27-16)23-13(3)26(18)22-11-20-19/h9,11-12,16H,4-8,10H2,1-3H3/t16-/m0/s1. The molecule has 0 aromatic carbocycles. The highest BCUT2D eigenvalue weighted by atomic mass is 16.5. The van der Waals surface area contributed by atoms with Crippen LogP contribution in [0.1, 0.15) is 61.6 Å². The maximum atomic E-state index is 5.93. The molecule has 2 aliphatic rings. The number of imidazole rings is 1. The molecule has 0 amide bonds. The predicted octanol–water partition coefficient (Wildman–Crippen LogP) is 2.62. The predicted molar refractivity (Wildman–Crippen MR) is 101 cm³/mol. The molecule has 27 heavy (non-hydrogen) atoms. The Morgan fingerprint density at radius 3 is 2.93 bits per heavy atom. The lowest BCUT2D eigenvalue weighted by Gasteiger charge is -2.29. The van der Waals surface area contributed by atoms with Crippen molar-refractivity contribution in [1.82, 2.24) is 29.4 Å². The third-order valence-electron chi connectivity index (χ3n) is 5.60. The summed E-state index contributed by atoms with van der Waals surface area (Å²) >= 11 is 0. The SMILES string of the molecule is Cc1nc([C@@H]2CCCO2)c2c(N3CCc4cnn(C(C)C)c4C3)ncnn12. The zero-order chi connectivity index (χ0) is 18.5. The van der Waals surface area contributed by atoms with E-state index in [9.17, 15) is 0 Å². The van der Waals surface area contributed by atoms with Crippen LogP contribution < -0.4 is 4.90 Å². The first-order valence-corrected chi connectivity index (χ1v) is 9.75. The normalized spacial score (nSPS) is 20.0. The van der Waals surface area contributed by atoms with Gasteiger partial charge < -0.3 is 9.64 Å².